The van der Waals surface area contributed by atoms with Crippen LogP contribution < -0.4 is 23.8 Å². The third kappa shape index (κ3) is 6.58. The van der Waals surface area contributed by atoms with Crippen LogP contribution in [-0.2, 0) is 21.4 Å². The SMILES string of the molecule is CCOc1cccc(CNC(=O)CN(c2ccc(Cl)cc2)S(=O)(=O)c2ccc(OC)c(OC)c2)c1. The topological polar surface area (TPSA) is 94.2 Å². The van der Waals surface area contributed by atoms with E-state index in [2.05, 4.69) is 5.32 Å². The fourth-order valence-electron chi connectivity index (χ4n) is 3.33. The van der Waals surface area contributed by atoms with Gasteiger partial charge in [0.25, 0.3) is 10.0 Å². The van der Waals surface area contributed by atoms with Crippen LogP contribution in [0.4, 0.5) is 5.69 Å². The molecule has 0 aliphatic carbocycles. The first kappa shape index (κ1) is 26.2. The first-order chi connectivity index (χ1) is 16.8. The molecule has 0 atom stereocenters. The van der Waals surface area contributed by atoms with Gasteiger partial charge in [0.2, 0.25) is 5.91 Å². The summed E-state index contributed by atoms with van der Waals surface area (Å²) in [5.74, 6) is 0.851. The molecule has 1 amide bonds. The van der Waals surface area contributed by atoms with Crippen LogP contribution in [0.5, 0.6) is 17.2 Å². The molecule has 8 nitrogen and oxygen atoms in total. The van der Waals surface area contributed by atoms with Gasteiger partial charge in [-0.1, -0.05) is 23.7 Å². The standard InChI is InChI=1S/C25H27ClN2O6S/c1-4-34-21-7-5-6-18(14-21)16-27-25(29)17-28(20-10-8-19(26)9-11-20)35(30,31)22-12-13-23(32-2)24(15-22)33-3/h5-15H,4,16-17H2,1-3H3,(H,27,29). The Morgan fingerprint density at radius 2 is 1.69 bits per heavy atom. The quantitative estimate of drug-likeness (QED) is 0.407. The number of benzene rings is 3. The van der Waals surface area contributed by atoms with E-state index in [9.17, 15) is 13.2 Å². The van der Waals surface area contributed by atoms with Crippen molar-refractivity contribution in [1.29, 1.82) is 0 Å². The van der Waals surface area contributed by atoms with Crippen LogP contribution in [0.2, 0.25) is 5.02 Å². The fraction of sp³-hybridized carbons (Fsp3) is 0.240. The average molecular weight is 519 g/mol. The summed E-state index contributed by atoms with van der Waals surface area (Å²) in [6.07, 6.45) is 0. The molecule has 0 aliphatic heterocycles. The van der Waals surface area contributed by atoms with Crippen molar-refractivity contribution in [2.75, 3.05) is 31.7 Å². The van der Waals surface area contributed by atoms with E-state index in [1.54, 1.807) is 24.3 Å². The number of ether oxygens (including phenoxy) is 3. The Hall–Kier alpha value is -3.43. The van der Waals surface area contributed by atoms with Crippen LogP contribution in [0.25, 0.3) is 0 Å². The van der Waals surface area contributed by atoms with Crippen LogP contribution >= 0.6 is 11.6 Å². The summed E-state index contributed by atoms with van der Waals surface area (Å²) in [6, 6.07) is 17.8. The summed E-state index contributed by atoms with van der Waals surface area (Å²) in [5.41, 5.74) is 1.11. The van der Waals surface area contributed by atoms with E-state index < -0.39 is 22.5 Å². The number of hydrogen-bond acceptors (Lipinski definition) is 6. The summed E-state index contributed by atoms with van der Waals surface area (Å²) in [5, 5.41) is 3.21. The Morgan fingerprint density at radius 1 is 0.971 bits per heavy atom. The largest absolute Gasteiger partial charge is 0.494 e. The van der Waals surface area contributed by atoms with Gasteiger partial charge in [-0.05, 0) is 61.0 Å². The van der Waals surface area contributed by atoms with Gasteiger partial charge in [0.15, 0.2) is 11.5 Å². The number of hydrogen-bond donors (Lipinski definition) is 1. The second-order valence-electron chi connectivity index (χ2n) is 7.36. The Morgan fingerprint density at radius 3 is 2.34 bits per heavy atom. The molecular weight excluding hydrogens is 492 g/mol. The third-order valence-electron chi connectivity index (χ3n) is 5.04. The lowest BCUT2D eigenvalue weighted by molar-refractivity contribution is -0.119. The monoisotopic (exact) mass is 518 g/mol. The number of methoxy groups -OCH3 is 2. The van der Waals surface area contributed by atoms with Gasteiger partial charge in [-0.3, -0.25) is 9.10 Å². The highest BCUT2D eigenvalue weighted by molar-refractivity contribution is 7.92. The van der Waals surface area contributed by atoms with E-state index in [4.69, 9.17) is 25.8 Å². The second-order valence-corrected chi connectivity index (χ2v) is 9.66. The summed E-state index contributed by atoms with van der Waals surface area (Å²) in [6.45, 7) is 2.19. The van der Waals surface area contributed by atoms with Crippen LogP contribution in [0.1, 0.15) is 12.5 Å². The zero-order valence-corrected chi connectivity index (χ0v) is 21.2. The number of carbonyl (C=O) groups excluding carboxylic acids is 1. The Balaban J connectivity index is 1.87. The lowest BCUT2D eigenvalue weighted by Crippen LogP contribution is -2.40. The summed E-state index contributed by atoms with van der Waals surface area (Å²) in [4.78, 5) is 12.8. The zero-order valence-electron chi connectivity index (χ0n) is 19.7. The Bertz CT molecular complexity index is 1270. The molecule has 0 fully saturated rings. The maximum absolute atomic E-state index is 13.6. The van der Waals surface area contributed by atoms with E-state index >= 15 is 0 Å². The van der Waals surface area contributed by atoms with Gasteiger partial charge >= 0.3 is 0 Å². The van der Waals surface area contributed by atoms with E-state index in [1.165, 1.54) is 32.4 Å². The predicted molar refractivity (Wildman–Crippen MR) is 135 cm³/mol. The van der Waals surface area contributed by atoms with E-state index in [0.29, 0.717) is 23.1 Å². The number of halogens is 1. The molecule has 3 aromatic rings. The molecule has 186 valence electrons. The van der Waals surface area contributed by atoms with Crippen molar-refractivity contribution in [3.63, 3.8) is 0 Å². The van der Waals surface area contributed by atoms with E-state index in [-0.39, 0.29) is 22.9 Å². The number of rotatable bonds is 11. The average Bonchev–Trinajstić information content (AvgIpc) is 2.86. The van der Waals surface area contributed by atoms with Gasteiger partial charge in [0.1, 0.15) is 12.3 Å². The molecule has 3 aromatic carbocycles. The predicted octanol–water partition coefficient (Wildman–Crippen LogP) is 4.27. The number of sulfonamides is 1. The minimum atomic E-state index is -4.14. The summed E-state index contributed by atoms with van der Waals surface area (Å²) in [7, 11) is -1.27. The molecule has 10 heteroatoms. The molecule has 0 aromatic heterocycles. The molecule has 0 saturated heterocycles. The van der Waals surface area contributed by atoms with E-state index in [1.807, 2.05) is 31.2 Å². The van der Waals surface area contributed by atoms with Crippen LogP contribution in [0.15, 0.2) is 71.6 Å². The number of carbonyl (C=O) groups is 1. The van der Waals surface area contributed by atoms with E-state index in [0.717, 1.165) is 9.87 Å². The molecule has 0 aliphatic rings. The molecule has 0 radical (unpaired) electrons. The molecule has 3 rings (SSSR count). The van der Waals surface area contributed by atoms with Gasteiger partial charge in [-0.25, -0.2) is 8.42 Å². The van der Waals surface area contributed by atoms with Crippen molar-refractivity contribution in [2.45, 2.75) is 18.4 Å². The lowest BCUT2D eigenvalue weighted by Gasteiger charge is -2.24. The third-order valence-corrected chi connectivity index (χ3v) is 7.07. The maximum atomic E-state index is 13.6. The van der Waals surface area contributed by atoms with Crippen LogP contribution in [-0.4, -0.2) is 41.7 Å². The smallest absolute Gasteiger partial charge is 0.264 e. The Kier molecular flexibility index (Phi) is 8.84. The fourth-order valence-corrected chi connectivity index (χ4v) is 4.89. The van der Waals surface area contributed by atoms with Crippen molar-refractivity contribution in [3.8, 4) is 17.2 Å². The van der Waals surface area contributed by atoms with Gasteiger partial charge < -0.3 is 19.5 Å². The lowest BCUT2D eigenvalue weighted by atomic mass is 10.2. The maximum Gasteiger partial charge on any atom is 0.264 e. The normalized spacial score (nSPS) is 11.0. The molecule has 35 heavy (non-hydrogen) atoms. The molecule has 1 N–H and O–H groups in total. The number of amides is 1. The van der Waals surface area contributed by atoms with Crippen molar-refractivity contribution in [2.24, 2.45) is 0 Å². The number of nitrogens with zero attached hydrogens (tertiary/aromatic N) is 1. The summed E-state index contributed by atoms with van der Waals surface area (Å²) < 4.78 is 44.2. The highest BCUT2D eigenvalue weighted by atomic mass is 35.5. The second kappa shape index (κ2) is 11.8. The van der Waals surface area contributed by atoms with Crippen molar-refractivity contribution >= 4 is 33.2 Å². The minimum absolute atomic E-state index is 0.0534. The minimum Gasteiger partial charge on any atom is -0.494 e. The number of anilines is 1. The molecule has 0 spiro atoms. The zero-order chi connectivity index (χ0) is 25.4. The van der Waals surface area contributed by atoms with Gasteiger partial charge in [0, 0.05) is 17.6 Å². The van der Waals surface area contributed by atoms with Crippen molar-refractivity contribution in [3.05, 3.63) is 77.3 Å². The molecule has 0 bridgehead atoms. The highest BCUT2D eigenvalue weighted by Gasteiger charge is 2.28. The van der Waals surface area contributed by atoms with Crippen LogP contribution in [0.3, 0.4) is 0 Å². The molecule has 0 heterocycles. The first-order valence-electron chi connectivity index (χ1n) is 10.8. The molecular formula is C25H27ClN2O6S. The molecule has 0 saturated carbocycles. The summed E-state index contributed by atoms with van der Waals surface area (Å²) >= 11 is 5.99. The van der Waals surface area contributed by atoms with Gasteiger partial charge in [0.05, 0.1) is 31.4 Å². The first-order valence-corrected chi connectivity index (χ1v) is 12.6. The van der Waals surface area contributed by atoms with Crippen LogP contribution in [0, 0.1) is 0 Å². The van der Waals surface area contributed by atoms with Crippen molar-refractivity contribution in [1.82, 2.24) is 5.32 Å². The Labute approximate surface area is 210 Å². The molecule has 0 unspecified atom stereocenters. The highest BCUT2D eigenvalue weighted by Crippen LogP contribution is 2.32. The van der Waals surface area contributed by atoms with Gasteiger partial charge in [-0.15, -0.1) is 0 Å². The van der Waals surface area contributed by atoms with Crippen molar-refractivity contribution < 1.29 is 27.4 Å². The van der Waals surface area contributed by atoms with Gasteiger partial charge in [-0.2, -0.15) is 0 Å². The number of nitrogens with one attached hydrogen (secondary N) is 1.